The number of nitrogens with zero attached hydrogens (tertiary/aromatic N) is 3. The molecule has 0 bridgehead atoms. The number of carbonyl (C=O) groups excluding carboxylic acids is 1. The van der Waals surface area contributed by atoms with Crippen molar-refractivity contribution in [3.05, 3.63) is 18.2 Å². The molecule has 1 N–H and O–H groups in total. The minimum absolute atomic E-state index is 0.00782. The number of anilines is 1. The Morgan fingerprint density at radius 2 is 1.61 bits per heavy atom. The number of hydrogen-bond acceptors (Lipinski definition) is 6. The van der Waals surface area contributed by atoms with E-state index in [9.17, 15) is 26.4 Å². The minimum Gasteiger partial charge on any atom is -0.495 e. The Morgan fingerprint density at radius 1 is 1.00 bits per heavy atom. The van der Waals surface area contributed by atoms with E-state index in [1.54, 1.807) is 4.90 Å². The first-order valence-electron chi connectivity index (χ1n) is 11.1. The van der Waals surface area contributed by atoms with Gasteiger partial charge in [-0.1, -0.05) is 12.8 Å². The molecule has 186 valence electrons. The Kier molecular flexibility index (Phi) is 8.59. The molecule has 2 saturated heterocycles. The molecule has 0 saturated carbocycles. The van der Waals surface area contributed by atoms with Crippen LogP contribution in [0, 0.1) is 0 Å². The van der Waals surface area contributed by atoms with Crippen molar-refractivity contribution in [2.24, 2.45) is 0 Å². The van der Waals surface area contributed by atoms with Crippen LogP contribution in [0.1, 0.15) is 25.7 Å². The van der Waals surface area contributed by atoms with Gasteiger partial charge in [-0.2, -0.15) is 17.5 Å². The normalized spacial score (nSPS) is 19.8. The van der Waals surface area contributed by atoms with E-state index in [1.165, 1.54) is 34.5 Å². The number of alkyl halides is 3. The van der Waals surface area contributed by atoms with Gasteiger partial charge in [0.05, 0.1) is 30.8 Å². The minimum atomic E-state index is -4.24. The molecular weight excluding hydrogens is 461 g/mol. The van der Waals surface area contributed by atoms with Gasteiger partial charge in [0.15, 0.2) is 0 Å². The summed E-state index contributed by atoms with van der Waals surface area (Å²) in [6.07, 6.45) is -0.611. The Hall–Kier alpha value is -1.89. The highest BCUT2D eigenvalue weighted by molar-refractivity contribution is 7.89. The molecule has 2 aliphatic rings. The standard InChI is InChI=1S/C21H31F3N4O4S/c1-32-19-7-6-17(33(30,31)28-8-4-2-3-5-9-28)14-18(19)25-20(29)15-26-10-12-27(13-11-26)16-21(22,23)24/h6-7,14H,2-5,8-13,15-16H2,1H3,(H,25,29). The molecule has 2 heterocycles. The zero-order chi connectivity index (χ0) is 24.1. The quantitative estimate of drug-likeness (QED) is 0.630. The van der Waals surface area contributed by atoms with Crippen molar-refractivity contribution in [1.29, 1.82) is 0 Å². The molecule has 2 aliphatic heterocycles. The van der Waals surface area contributed by atoms with Crippen LogP contribution in [0.5, 0.6) is 5.75 Å². The molecule has 1 aromatic carbocycles. The van der Waals surface area contributed by atoms with Crippen LogP contribution in [0.15, 0.2) is 23.1 Å². The predicted molar refractivity (Wildman–Crippen MR) is 118 cm³/mol. The van der Waals surface area contributed by atoms with Gasteiger partial charge in [0.1, 0.15) is 5.75 Å². The van der Waals surface area contributed by atoms with Crippen LogP contribution in [0.3, 0.4) is 0 Å². The van der Waals surface area contributed by atoms with E-state index < -0.39 is 22.7 Å². The van der Waals surface area contributed by atoms with E-state index in [1.807, 2.05) is 0 Å². The molecule has 0 radical (unpaired) electrons. The predicted octanol–water partition coefficient (Wildman–Crippen LogP) is 2.38. The van der Waals surface area contributed by atoms with Gasteiger partial charge in [0.2, 0.25) is 15.9 Å². The molecule has 0 spiro atoms. The lowest BCUT2D eigenvalue weighted by atomic mass is 10.2. The molecule has 1 aromatic rings. The summed E-state index contributed by atoms with van der Waals surface area (Å²) in [7, 11) is -2.27. The van der Waals surface area contributed by atoms with Crippen molar-refractivity contribution in [2.45, 2.75) is 36.8 Å². The number of benzene rings is 1. The van der Waals surface area contributed by atoms with Crippen LogP contribution < -0.4 is 10.1 Å². The first-order chi connectivity index (χ1) is 15.6. The third-order valence-corrected chi connectivity index (χ3v) is 7.78. The molecule has 0 aromatic heterocycles. The zero-order valence-electron chi connectivity index (χ0n) is 18.7. The van der Waals surface area contributed by atoms with Gasteiger partial charge < -0.3 is 10.1 Å². The fraction of sp³-hybridized carbons (Fsp3) is 0.667. The monoisotopic (exact) mass is 492 g/mol. The molecule has 0 atom stereocenters. The van der Waals surface area contributed by atoms with Crippen molar-refractivity contribution >= 4 is 21.6 Å². The summed E-state index contributed by atoms with van der Waals surface area (Å²) in [5.74, 6) is -0.0601. The molecule has 33 heavy (non-hydrogen) atoms. The van der Waals surface area contributed by atoms with Crippen molar-refractivity contribution in [3.8, 4) is 5.75 Å². The maximum atomic E-state index is 13.1. The summed E-state index contributed by atoms with van der Waals surface area (Å²) in [4.78, 5) is 15.8. The highest BCUT2D eigenvalue weighted by Crippen LogP contribution is 2.30. The average molecular weight is 493 g/mol. The lowest BCUT2D eigenvalue weighted by molar-refractivity contribution is -0.149. The number of hydrogen-bond donors (Lipinski definition) is 1. The molecule has 8 nitrogen and oxygen atoms in total. The Labute approximate surface area is 192 Å². The number of nitrogens with one attached hydrogen (secondary N) is 1. The molecule has 1 amide bonds. The Morgan fingerprint density at radius 3 is 2.18 bits per heavy atom. The van der Waals surface area contributed by atoms with Crippen LogP contribution in [-0.2, 0) is 14.8 Å². The Bertz CT molecular complexity index is 911. The van der Waals surface area contributed by atoms with Crippen LogP contribution in [-0.4, -0.2) is 94.1 Å². The van der Waals surface area contributed by atoms with Gasteiger partial charge in [-0.05, 0) is 31.0 Å². The van der Waals surface area contributed by atoms with E-state index in [-0.39, 0.29) is 36.1 Å². The highest BCUT2D eigenvalue weighted by atomic mass is 32.2. The number of amides is 1. The molecule has 3 rings (SSSR count). The topological polar surface area (TPSA) is 82.2 Å². The fourth-order valence-electron chi connectivity index (χ4n) is 4.13. The number of sulfonamides is 1. The molecule has 12 heteroatoms. The first-order valence-corrected chi connectivity index (χ1v) is 12.5. The molecule has 2 fully saturated rings. The third-order valence-electron chi connectivity index (χ3n) is 5.88. The lowest BCUT2D eigenvalue weighted by Crippen LogP contribution is -2.50. The molecule has 0 unspecified atom stereocenters. The van der Waals surface area contributed by atoms with Crippen LogP contribution >= 0.6 is 0 Å². The largest absolute Gasteiger partial charge is 0.495 e. The number of ether oxygens (including phenoxy) is 1. The lowest BCUT2D eigenvalue weighted by Gasteiger charge is -2.34. The number of rotatable bonds is 7. The van der Waals surface area contributed by atoms with E-state index >= 15 is 0 Å². The van der Waals surface area contributed by atoms with E-state index in [2.05, 4.69) is 5.32 Å². The van der Waals surface area contributed by atoms with E-state index in [4.69, 9.17) is 4.74 Å². The highest BCUT2D eigenvalue weighted by Gasteiger charge is 2.32. The average Bonchev–Trinajstić information content (AvgIpc) is 3.04. The first kappa shape index (κ1) is 25.7. The summed E-state index contributed by atoms with van der Waals surface area (Å²) < 4.78 is 70.6. The number of methoxy groups -OCH3 is 1. The fourth-order valence-corrected chi connectivity index (χ4v) is 5.67. The second-order valence-electron chi connectivity index (χ2n) is 8.40. The van der Waals surface area contributed by atoms with Crippen molar-refractivity contribution in [2.75, 3.05) is 64.8 Å². The van der Waals surface area contributed by atoms with Crippen LogP contribution in [0.2, 0.25) is 0 Å². The summed E-state index contributed by atoms with van der Waals surface area (Å²) in [6.45, 7) is 1.09. The smallest absolute Gasteiger partial charge is 0.401 e. The van der Waals surface area contributed by atoms with Gasteiger partial charge in [-0.3, -0.25) is 14.6 Å². The van der Waals surface area contributed by atoms with Crippen molar-refractivity contribution < 1.29 is 31.1 Å². The summed E-state index contributed by atoms with van der Waals surface area (Å²) in [5.41, 5.74) is 0.245. The summed E-state index contributed by atoms with van der Waals surface area (Å²) in [6, 6.07) is 4.38. The van der Waals surface area contributed by atoms with Crippen molar-refractivity contribution in [3.63, 3.8) is 0 Å². The van der Waals surface area contributed by atoms with Crippen LogP contribution in [0.4, 0.5) is 18.9 Å². The maximum absolute atomic E-state index is 13.1. The second-order valence-corrected chi connectivity index (χ2v) is 10.3. The van der Waals surface area contributed by atoms with E-state index in [0.717, 1.165) is 25.7 Å². The summed E-state index contributed by atoms with van der Waals surface area (Å²) >= 11 is 0. The van der Waals surface area contributed by atoms with Gasteiger partial charge in [-0.25, -0.2) is 8.42 Å². The van der Waals surface area contributed by atoms with E-state index in [0.29, 0.717) is 31.9 Å². The second kappa shape index (κ2) is 11.0. The van der Waals surface area contributed by atoms with Gasteiger partial charge in [-0.15, -0.1) is 0 Å². The van der Waals surface area contributed by atoms with Gasteiger partial charge in [0, 0.05) is 39.3 Å². The van der Waals surface area contributed by atoms with Crippen molar-refractivity contribution in [1.82, 2.24) is 14.1 Å². The van der Waals surface area contributed by atoms with Gasteiger partial charge >= 0.3 is 6.18 Å². The third kappa shape index (κ3) is 7.29. The molecular formula is C21H31F3N4O4S. The van der Waals surface area contributed by atoms with Gasteiger partial charge in [0.25, 0.3) is 0 Å². The Balaban J connectivity index is 1.63. The zero-order valence-corrected chi connectivity index (χ0v) is 19.6. The SMILES string of the molecule is COc1ccc(S(=O)(=O)N2CCCCCC2)cc1NC(=O)CN1CCN(CC(F)(F)F)CC1. The van der Waals surface area contributed by atoms with Crippen LogP contribution in [0.25, 0.3) is 0 Å². The number of halogens is 3. The summed E-state index contributed by atoms with van der Waals surface area (Å²) in [5, 5.41) is 2.70. The maximum Gasteiger partial charge on any atom is 0.401 e. The molecule has 0 aliphatic carbocycles. The number of carbonyl (C=O) groups is 1. The number of piperazine rings is 1.